The molecule has 0 aliphatic rings. The van der Waals surface area contributed by atoms with Crippen LogP contribution in [0.15, 0.2) is 27.6 Å². The van der Waals surface area contributed by atoms with Gasteiger partial charge >= 0.3 is 0 Å². The normalized spacial score (nSPS) is 11.7. The zero-order chi connectivity index (χ0) is 18.6. The van der Waals surface area contributed by atoms with Crippen molar-refractivity contribution in [2.24, 2.45) is 0 Å². The molecule has 0 unspecified atom stereocenters. The summed E-state index contributed by atoms with van der Waals surface area (Å²) >= 11 is 2.01. The number of benzene rings is 1. The lowest BCUT2D eigenvalue weighted by atomic mass is 10.2. The van der Waals surface area contributed by atoms with Crippen LogP contribution in [0.2, 0.25) is 0 Å². The molecule has 8 nitrogen and oxygen atoms in total. The Bertz CT molecular complexity index is 864. The number of halogens is 1. The molecule has 1 N–H and O–H groups in total. The Morgan fingerprint density at radius 1 is 1.36 bits per heavy atom. The van der Waals surface area contributed by atoms with Crippen LogP contribution in [0.3, 0.4) is 0 Å². The molecule has 2 aromatic rings. The predicted molar refractivity (Wildman–Crippen MR) is 99.7 cm³/mol. The maximum absolute atomic E-state index is 12.4. The Morgan fingerprint density at radius 3 is 2.68 bits per heavy atom. The third kappa shape index (κ3) is 4.98. The van der Waals surface area contributed by atoms with Crippen LogP contribution in [0, 0.1) is 10.5 Å². The van der Waals surface area contributed by atoms with Gasteiger partial charge < -0.3 is 9.84 Å². The molecule has 0 radical (unpaired) electrons. The molecular formula is C15H19IN4O4S. The van der Waals surface area contributed by atoms with Gasteiger partial charge in [0.15, 0.2) is 5.82 Å². The third-order valence-corrected chi connectivity index (χ3v) is 6.14. The molecule has 2 rings (SSSR count). The number of nitrogens with one attached hydrogen (secondary N) is 1. The first-order chi connectivity index (χ1) is 11.7. The number of hydrogen-bond acceptors (Lipinski definition) is 6. The van der Waals surface area contributed by atoms with Gasteiger partial charge in [0.25, 0.3) is 5.91 Å². The van der Waals surface area contributed by atoms with Crippen LogP contribution in [0.1, 0.15) is 28.5 Å². The zero-order valence-electron chi connectivity index (χ0n) is 14.1. The van der Waals surface area contributed by atoms with Crippen molar-refractivity contribution >= 4 is 38.5 Å². The second kappa shape index (κ2) is 8.23. The van der Waals surface area contributed by atoms with Gasteiger partial charge in [-0.2, -0.15) is 4.98 Å². The quantitative estimate of drug-likeness (QED) is 0.479. The van der Waals surface area contributed by atoms with Gasteiger partial charge in [0, 0.05) is 30.6 Å². The van der Waals surface area contributed by atoms with Crippen molar-refractivity contribution in [3.05, 3.63) is 39.0 Å². The molecule has 0 bridgehead atoms. The highest BCUT2D eigenvalue weighted by molar-refractivity contribution is 14.1. The van der Waals surface area contributed by atoms with E-state index >= 15 is 0 Å². The van der Waals surface area contributed by atoms with E-state index in [1.165, 1.54) is 26.2 Å². The minimum Gasteiger partial charge on any atom is -0.352 e. The molecular weight excluding hydrogens is 459 g/mol. The second-order valence-electron chi connectivity index (χ2n) is 5.52. The fraction of sp³-hybridized carbons (Fsp3) is 0.400. The average Bonchev–Trinajstić information content (AvgIpc) is 2.96. The molecule has 10 heteroatoms. The average molecular weight is 478 g/mol. The molecule has 1 aromatic carbocycles. The molecule has 0 saturated heterocycles. The first kappa shape index (κ1) is 19.8. The van der Waals surface area contributed by atoms with E-state index in [2.05, 4.69) is 15.5 Å². The largest absolute Gasteiger partial charge is 0.352 e. The van der Waals surface area contributed by atoms with Gasteiger partial charge in [0.1, 0.15) is 0 Å². The zero-order valence-corrected chi connectivity index (χ0v) is 17.1. The van der Waals surface area contributed by atoms with Gasteiger partial charge in [-0.3, -0.25) is 4.79 Å². The molecule has 0 atom stereocenters. The van der Waals surface area contributed by atoms with Crippen molar-refractivity contribution in [1.82, 2.24) is 19.8 Å². The summed E-state index contributed by atoms with van der Waals surface area (Å²) < 4.78 is 31.2. The van der Waals surface area contributed by atoms with Gasteiger partial charge in [0.05, 0.1) is 10.5 Å². The Morgan fingerprint density at radius 2 is 2.08 bits per heavy atom. The summed E-state index contributed by atoms with van der Waals surface area (Å²) in [5.41, 5.74) is 0.331. The Hall–Kier alpha value is -1.53. The smallest absolute Gasteiger partial charge is 0.252 e. The summed E-state index contributed by atoms with van der Waals surface area (Å²) in [5, 5.41) is 6.48. The molecule has 1 heterocycles. The van der Waals surface area contributed by atoms with E-state index in [-0.39, 0.29) is 10.8 Å². The third-order valence-electron chi connectivity index (χ3n) is 3.38. The molecule has 136 valence electrons. The van der Waals surface area contributed by atoms with Crippen LogP contribution >= 0.6 is 22.6 Å². The molecule has 1 aromatic heterocycles. The molecule has 0 fully saturated rings. The summed E-state index contributed by atoms with van der Waals surface area (Å²) in [7, 11) is -0.685. The topological polar surface area (TPSA) is 105 Å². The van der Waals surface area contributed by atoms with Crippen molar-refractivity contribution in [3.63, 3.8) is 0 Å². The number of nitrogens with zero attached hydrogens (tertiary/aromatic N) is 3. The van der Waals surface area contributed by atoms with Gasteiger partial charge in [-0.15, -0.1) is 0 Å². The fourth-order valence-electron chi connectivity index (χ4n) is 2.03. The van der Waals surface area contributed by atoms with E-state index in [0.717, 1.165) is 4.31 Å². The lowest BCUT2D eigenvalue weighted by Crippen LogP contribution is -2.27. The van der Waals surface area contributed by atoms with Gasteiger partial charge in [-0.05, 0) is 54.1 Å². The highest BCUT2D eigenvalue weighted by atomic mass is 127. The van der Waals surface area contributed by atoms with Gasteiger partial charge in [-0.25, -0.2) is 12.7 Å². The molecule has 25 heavy (non-hydrogen) atoms. The van der Waals surface area contributed by atoms with E-state index in [1.54, 1.807) is 13.0 Å². The SMILES string of the molecule is Cc1noc(CCCNC(=O)c2cc(S(=O)(=O)N(C)C)ccc2I)n1. The summed E-state index contributed by atoms with van der Waals surface area (Å²) in [4.78, 5) is 16.5. The van der Waals surface area contributed by atoms with Crippen molar-refractivity contribution < 1.29 is 17.7 Å². The van der Waals surface area contributed by atoms with Crippen LogP contribution in [0.5, 0.6) is 0 Å². The minimum absolute atomic E-state index is 0.0874. The van der Waals surface area contributed by atoms with Gasteiger partial charge in [-0.1, -0.05) is 5.16 Å². The van der Waals surface area contributed by atoms with Crippen molar-refractivity contribution in [1.29, 1.82) is 0 Å². The van der Waals surface area contributed by atoms with Crippen LogP contribution in [0.25, 0.3) is 0 Å². The first-order valence-corrected chi connectivity index (χ1v) is 10.0. The number of sulfonamides is 1. The Kier molecular flexibility index (Phi) is 6.52. The van der Waals surface area contributed by atoms with Gasteiger partial charge in [0.2, 0.25) is 15.9 Å². The van der Waals surface area contributed by atoms with E-state index < -0.39 is 10.0 Å². The van der Waals surface area contributed by atoms with Crippen LogP contribution in [-0.2, 0) is 16.4 Å². The first-order valence-electron chi connectivity index (χ1n) is 7.51. The minimum atomic E-state index is -3.59. The summed E-state index contributed by atoms with van der Waals surface area (Å²) in [6.07, 6.45) is 1.20. The number of carbonyl (C=O) groups excluding carboxylic acids is 1. The Labute approximate surface area is 160 Å². The highest BCUT2D eigenvalue weighted by Crippen LogP contribution is 2.20. The number of aromatic nitrogens is 2. The maximum atomic E-state index is 12.4. The Balaban J connectivity index is 2.01. The van der Waals surface area contributed by atoms with Crippen molar-refractivity contribution in [2.45, 2.75) is 24.7 Å². The number of aryl methyl sites for hydroxylation is 2. The number of carbonyl (C=O) groups is 1. The molecule has 0 spiro atoms. The monoisotopic (exact) mass is 478 g/mol. The lowest BCUT2D eigenvalue weighted by Gasteiger charge is -2.13. The maximum Gasteiger partial charge on any atom is 0.252 e. The van der Waals surface area contributed by atoms with E-state index in [4.69, 9.17) is 4.52 Å². The summed E-state index contributed by atoms with van der Waals surface area (Å²) in [6.45, 7) is 2.16. The summed E-state index contributed by atoms with van der Waals surface area (Å²) in [6, 6.07) is 4.51. The van der Waals surface area contributed by atoms with Crippen LogP contribution in [-0.4, -0.2) is 49.4 Å². The summed E-state index contributed by atoms with van der Waals surface area (Å²) in [5.74, 6) is 0.787. The molecule has 1 amide bonds. The highest BCUT2D eigenvalue weighted by Gasteiger charge is 2.20. The molecule has 0 aliphatic carbocycles. The van der Waals surface area contributed by atoms with Crippen LogP contribution in [0.4, 0.5) is 0 Å². The fourth-order valence-corrected chi connectivity index (χ4v) is 3.54. The standard InChI is InChI=1S/C15H19IN4O4S/c1-10-18-14(24-19-10)5-4-8-17-15(21)12-9-11(6-7-13(12)16)25(22,23)20(2)3/h6-7,9H,4-5,8H2,1-3H3,(H,17,21). The van der Waals surface area contributed by atoms with Crippen LogP contribution < -0.4 is 5.32 Å². The van der Waals surface area contributed by atoms with E-state index in [9.17, 15) is 13.2 Å². The number of rotatable bonds is 7. The predicted octanol–water partition coefficient (Wildman–Crippen LogP) is 1.60. The number of amides is 1. The van der Waals surface area contributed by atoms with Crippen molar-refractivity contribution in [2.75, 3.05) is 20.6 Å². The molecule has 0 saturated carbocycles. The van der Waals surface area contributed by atoms with E-state index in [1.807, 2.05) is 22.6 Å². The van der Waals surface area contributed by atoms with E-state index in [0.29, 0.717) is 40.2 Å². The number of hydrogen-bond donors (Lipinski definition) is 1. The molecule has 0 aliphatic heterocycles. The second-order valence-corrected chi connectivity index (χ2v) is 8.84. The van der Waals surface area contributed by atoms with Crippen molar-refractivity contribution in [3.8, 4) is 0 Å². The lowest BCUT2D eigenvalue weighted by molar-refractivity contribution is 0.0952.